The maximum Gasteiger partial charge on any atom is 0.0479 e. The Bertz CT molecular complexity index is 396. The van der Waals surface area contributed by atoms with Crippen LogP contribution in [-0.2, 0) is 11.0 Å². The molecule has 0 radical (unpaired) electrons. The summed E-state index contributed by atoms with van der Waals surface area (Å²) in [5.74, 6) is 0. The van der Waals surface area contributed by atoms with Crippen molar-refractivity contribution in [3.63, 3.8) is 0 Å². The van der Waals surface area contributed by atoms with Gasteiger partial charge >= 0.3 is 0 Å². The molecule has 18 heavy (non-hydrogen) atoms. The zero-order chi connectivity index (χ0) is 13.8. The summed E-state index contributed by atoms with van der Waals surface area (Å²) in [5, 5.41) is 0. The molecule has 0 aliphatic carbocycles. The van der Waals surface area contributed by atoms with Crippen molar-refractivity contribution in [2.24, 2.45) is 5.73 Å². The van der Waals surface area contributed by atoms with Crippen LogP contribution in [0.2, 0.25) is 0 Å². The summed E-state index contributed by atoms with van der Waals surface area (Å²) in [6, 6.07) is 8.60. The Morgan fingerprint density at radius 3 is 1.67 bits per heavy atom. The second-order valence-corrected chi connectivity index (χ2v) is 5.97. The van der Waals surface area contributed by atoms with E-state index in [1.807, 2.05) is 12.2 Å². The van der Waals surface area contributed by atoms with Crippen molar-refractivity contribution in [2.45, 2.75) is 44.6 Å². The van der Waals surface area contributed by atoms with Crippen LogP contribution in [0.25, 0.3) is 0 Å². The molecule has 0 heterocycles. The lowest BCUT2D eigenvalue weighted by molar-refractivity contribution is 0.456. The van der Waals surface area contributed by atoms with E-state index >= 15 is 0 Å². The predicted octanol–water partition coefficient (Wildman–Crippen LogP) is 4.29. The molecule has 1 nitrogen and oxygen atoms in total. The van der Waals surface area contributed by atoms with E-state index in [4.69, 9.17) is 5.73 Å². The Balaban J connectivity index is 3.08. The summed E-state index contributed by atoms with van der Waals surface area (Å²) >= 11 is 0. The largest absolute Gasteiger partial charge is 0.321 e. The van der Waals surface area contributed by atoms with Gasteiger partial charge < -0.3 is 5.73 Å². The van der Waals surface area contributed by atoms with Gasteiger partial charge in [0.05, 0.1) is 0 Å². The van der Waals surface area contributed by atoms with Crippen LogP contribution in [0.1, 0.15) is 44.7 Å². The highest BCUT2D eigenvalue weighted by atomic mass is 14.7. The number of nitrogens with two attached hydrogens (primary N) is 1. The SMILES string of the molecule is C=CCC(N)(CC=C)c1ccc(C(C)(C)C)cc1. The lowest BCUT2D eigenvalue weighted by Gasteiger charge is -2.29. The molecule has 0 fully saturated rings. The first-order valence-electron chi connectivity index (χ1n) is 6.45. The van der Waals surface area contributed by atoms with Crippen molar-refractivity contribution in [1.82, 2.24) is 0 Å². The molecule has 0 aliphatic heterocycles. The van der Waals surface area contributed by atoms with E-state index in [-0.39, 0.29) is 11.0 Å². The van der Waals surface area contributed by atoms with E-state index in [0.717, 1.165) is 18.4 Å². The van der Waals surface area contributed by atoms with Crippen LogP contribution in [0, 0.1) is 0 Å². The molecular weight excluding hydrogens is 218 g/mol. The summed E-state index contributed by atoms with van der Waals surface area (Å²) in [6.45, 7) is 14.2. The average Bonchev–Trinajstić information content (AvgIpc) is 2.29. The summed E-state index contributed by atoms with van der Waals surface area (Å²) in [6.07, 6.45) is 5.27. The fourth-order valence-corrected chi connectivity index (χ4v) is 2.14. The molecule has 0 atom stereocenters. The van der Waals surface area contributed by atoms with Gasteiger partial charge in [0.15, 0.2) is 0 Å². The molecule has 0 bridgehead atoms. The zero-order valence-corrected chi connectivity index (χ0v) is 11.9. The summed E-state index contributed by atoms with van der Waals surface area (Å²) < 4.78 is 0. The topological polar surface area (TPSA) is 26.0 Å². The first-order chi connectivity index (χ1) is 8.33. The van der Waals surface area contributed by atoms with Gasteiger partial charge in [-0.2, -0.15) is 0 Å². The fraction of sp³-hybridized carbons (Fsp3) is 0.412. The van der Waals surface area contributed by atoms with Gasteiger partial charge in [0.2, 0.25) is 0 Å². The van der Waals surface area contributed by atoms with Crippen molar-refractivity contribution in [1.29, 1.82) is 0 Å². The van der Waals surface area contributed by atoms with E-state index in [1.165, 1.54) is 5.56 Å². The molecule has 0 aromatic heterocycles. The Hall–Kier alpha value is -1.34. The Morgan fingerprint density at radius 2 is 1.33 bits per heavy atom. The number of benzene rings is 1. The van der Waals surface area contributed by atoms with Crippen molar-refractivity contribution < 1.29 is 0 Å². The molecule has 2 N–H and O–H groups in total. The molecule has 1 rings (SSSR count). The molecule has 0 aliphatic rings. The van der Waals surface area contributed by atoms with E-state index in [9.17, 15) is 0 Å². The molecule has 0 saturated heterocycles. The number of hydrogen-bond acceptors (Lipinski definition) is 1. The van der Waals surface area contributed by atoms with E-state index < -0.39 is 0 Å². The van der Waals surface area contributed by atoms with Crippen LogP contribution >= 0.6 is 0 Å². The third-order valence-corrected chi connectivity index (χ3v) is 3.34. The number of hydrogen-bond donors (Lipinski definition) is 1. The van der Waals surface area contributed by atoms with Crippen molar-refractivity contribution >= 4 is 0 Å². The third-order valence-electron chi connectivity index (χ3n) is 3.34. The van der Waals surface area contributed by atoms with Crippen LogP contribution in [0.3, 0.4) is 0 Å². The normalized spacial score (nSPS) is 12.2. The molecule has 0 saturated carbocycles. The molecule has 0 unspecified atom stereocenters. The van der Waals surface area contributed by atoms with Gasteiger partial charge in [-0.25, -0.2) is 0 Å². The lowest BCUT2D eigenvalue weighted by Crippen LogP contribution is -2.35. The highest BCUT2D eigenvalue weighted by Crippen LogP contribution is 2.29. The molecular formula is C17H25N. The minimum absolute atomic E-state index is 0.173. The Morgan fingerprint density at radius 1 is 0.944 bits per heavy atom. The first-order valence-corrected chi connectivity index (χ1v) is 6.45. The standard InChI is InChI=1S/C17H25N/c1-6-12-17(18,13-7-2)15-10-8-14(9-11-15)16(3,4)5/h6-11H,1-2,12-13,18H2,3-5H3. The Labute approximate surface area is 111 Å². The van der Waals surface area contributed by atoms with Crippen LogP contribution in [0.4, 0.5) is 0 Å². The highest BCUT2D eigenvalue weighted by Gasteiger charge is 2.24. The van der Waals surface area contributed by atoms with Gasteiger partial charge in [-0.15, -0.1) is 13.2 Å². The van der Waals surface area contributed by atoms with Crippen LogP contribution in [0.15, 0.2) is 49.6 Å². The molecule has 0 amide bonds. The second kappa shape index (κ2) is 5.53. The van der Waals surface area contributed by atoms with Crippen molar-refractivity contribution in [3.8, 4) is 0 Å². The van der Waals surface area contributed by atoms with Crippen LogP contribution in [0.5, 0.6) is 0 Å². The van der Waals surface area contributed by atoms with Gasteiger partial charge in [-0.1, -0.05) is 57.2 Å². The van der Waals surface area contributed by atoms with E-state index in [0.29, 0.717) is 0 Å². The minimum Gasteiger partial charge on any atom is -0.321 e. The fourth-order valence-electron chi connectivity index (χ4n) is 2.14. The van der Waals surface area contributed by atoms with Crippen molar-refractivity contribution in [2.75, 3.05) is 0 Å². The maximum absolute atomic E-state index is 6.46. The van der Waals surface area contributed by atoms with Gasteiger partial charge in [0.1, 0.15) is 0 Å². The molecule has 1 aromatic carbocycles. The van der Waals surface area contributed by atoms with Gasteiger partial charge in [-0.05, 0) is 29.4 Å². The molecule has 0 spiro atoms. The van der Waals surface area contributed by atoms with Crippen LogP contribution < -0.4 is 5.73 Å². The maximum atomic E-state index is 6.46. The minimum atomic E-state index is -0.375. The summed E-state index contributed by atoms with van der Waals surface area (Å²) in [4.78, 5) is 0. The average molecular weight is 243 g/mol. The quantitative estimate of drug-likeness (QED) is 0.767. The highest BCUT2D eigenvalue weighted by molar-refractivity contribution is 5.32. The van der Waals surface area contributed by atoms with Crippen LogP contribution in [-0.4, -0.2) is 0 Å². The first kappa shape index (κ1) is 14.7. The monoisotopic (exact) mass is 243 g/mol. The number of rotatable bonds is 5. The lowest BCUT2D eigenvalue weighted by atomic mass is 9.81. The Kier molecular flexibility index (Phi) is 4.53. The van der Waals surface area contributed by atoms with E-state index in [1.54, 1.807) is 0 Å². The third kappa shape index (κ3) is 3.33. The summed E-state index contributed by atoms with van der Waals surface area (Å²) in [7, 11) is 0. The molecule has 1 aromatic rings. The smallest absolute Gasteiger partial charge is 0.0479 e. The zero-order valence-electron chi connectivity index (χ0n) is 11.9. The molecule has 98 valence electrons. The summed E-state index contributed by atoms with van der Waals surface area (Å²) in [5.41, 5.74) is 8.73. The predicted molar refractivity (Wildman–Crippen MR) is 80.6 cm³/mol. The van der Waals surface area contributed by atoms with Gasteiger partial charge in [0.25, 0.3) is 0 Å². The van der Waals surface area contributed by atoms with Crippen molar-refractivity contribution in [3.05, 3.63) is 60.7 Å². The van der Waals surface area contributed by atoms with Gasteiger partial charge in [0, 0.05) is 5.54 Å². The second-order valence-electron chi connectivity index (χ2n) is 5.97. The van der Waals surface area contributed by atoms with E-state index in [2.05, 4.69) is 58.2 Å². The molecule has 1 heteroatoms. The van der Waals surface area contributed by atoms with Gasteiger partial charge in [-0.3, -0.25) is 0 Å².